The van der Waals surface area contributed by atoms with Crippen LogP contribution in [0.15, 0.2) is 27.6 Å². The Balaban J connectivity index is 2.43. The van der Waals surface area contributed by atoms with E-state index >= 15 is 0 Å². The molecule has 10 heteroatoms. The summed E-state index contributed by atoms with van der Waals surface area (Å²) in [4.78, 5) is -0.967. The molecule has 1 heterocycles. The molecule has 0 radical (unpaired) electrons. The summed E-state index contributed by atoms with van der Waals surface area (Å²) in [6.45, 7) is 5.14. The van der Waals surface area contributed by atoms with Crippen LogP contribution in [0.3, 0.4) is 0 Å². The summed E-state index contributed by atoms with van der Waals surface area (Å²) in [6.07, 6.45) is -4.86. The molecule has 2 rings (SSSR count). The lowest BCUT2D eigenvalue weighted by Gasteiger charge is -2.18. The minimum Gasteiger partial charge on any atom is -0.378 e. The fourth-order valence-corrected chi connectivity index (χ4v) is 3.26. The number of nitrogens with one attached hydrogen (secondary N) is 1. The van der Waals surface area contributed by atoms with Crippen molar-refractivity contribution in [3.63, 3.8) is 0 Å². The molecule has 132 valence electrons. The number of hydrogen-bond donors (Lipinski definition) is 2. The van der Waals surface area contributed by atoms with Crippen molar-refractivity contribution >= 4 is 15.7 Å². The van der Waals surface area contributed by atoms with E-state index in [0.717, 1.165) is 11.6 Å². The van der Waals surface area contributed by atoms with Crippen LogP contribution in [-0.2, 0) is 16.2 Å². The summed E-state index contributed by atoms with van der Waals surface area (Å²) in [5.41, 5.74) is 0.118. The van der Waals surface area contributed by atoms with E-state index < -0.39 is 32.7 Å². The van der Waals surface area contributed by atoms with Crippen molar-refractivity contribution in [2.24, 2.45) is 5.14 Å². The van der Waals surface area contributed by atoms with Crippen LogP contribution in [0.2, 0.25) is 0 Å². The van der Waals surface area contributed by atoms with Gasteiger partial charge in [-0.15, -0.1) is 0 Å². The van der Waals surface area contributed by atoms with E-state index in [2.05, 4.69) is 10.5 Å². The highest BCUT2D eigenvalue weighted by atomic mass is 32.2. The molecule has 1 aromatic carbocycles. The Hall–Kier alpha value is -2.07. The topological polar surface area (TPSA) is 98.2 Å². The molecule has 2 aromatic rings. The zero-order valence-electron chi connectivity index (χ0n) is 13.1. The molecule has 0 aliphatic heterocycles. The standard InChI is InChI=1S/C14H16F3N3O3S/c1-7(13-8(2)20-23-9(13)3)19-10-4-5-12(24(18,21)22)11(6-10)14(15,16)17/h4-7,19H,1-3H3,(H2,18,21,22). The lowest BCUT2D eigenvalue weighted by molar-refractivity contribution is -0.139. The summed E-state index contributed by atoms with van der Waals surface area (Å²) in [5, 5.41) is 11.5. The largest absolute Gasteiger partial charge is 0.417 e. The van der Waals surface area contributed by atoms with E-state index in [1.54, 1.807) is 20.8 Å². The number of aromatic nitrogens is 1. The third-order valence-electron chi connectivity index (χ3n) is 3.50. The Morgan fingerprint density at radius 2 is 1.92 bits per heavy atom. The van der Waals surface area contributed by atoms with Gasteiger partial charge in [0.2, 0.25) is 10.0 Å². The molecule has 3 N–H and O–H groups in total. The number of rotatable bonds is 4. The van der Waals surface area contributed by atoms with Crippen LogP contribution in [0.25, 0.3) is 0 Å². The Morgan fingerprint density at radius 3 is 2.38 bits per heavy atom. The van der Waals surface area contributed by atoms with Crippen LogP contribution in [-0.4, -0.2) is 13.6 Å². The first kappa shape index (κ1) is 18.3. The van der Waals surface area contributed by atoms with Crippen molar-refractivity contribution in [3.8, 4) is 0 Å². The first-order valence-electron chi connectivity index (χ1n) is 6.84. The van der Waals surface area contributed by atoms with Gasteiger partial charge in [-0.05, 0) is 39.0 Å². The summed E-state index contributed by atoms with van der Waals surface area (Å²) < 4.78 is 67.1. The number of aryl methyl sites for hydroxylation is 2. The molecule has 1 aromatic heterocycles. The second-order valence-corrected chi connectivity index (χ2v) is 6.89. The van der Waals surface area contributed by atoms with E-state index in [1.807, 2.05) is 0 Å². The monoisotopic (exact) mass is 363 g/mol. The third kappa shape index (κ3) is 3.70. The number of primary sulfonamides is 1. The van der Waals surface area contributed by atoms with E-state index in [4.69, 9.17) is 9.66 Å². The Morgan fingerprint density at radius 1 is 1.29 bits per heavy atom. The number of alkyl halides is 3. The fraction of sp³-hybridized carbons (Fsp3) is 0.357. The Labute approximate surface area is 136 Å². The van der Waals surface area contributed by atoms with Gasteiger partial charge in [-0.25, -0.2) is 13.6 Å². The Kier molecular flexibility index (Phi) is 4.64. The first-order valence-corrected chi connectivity index (χ1v) is 8.39. The van der Waals surface area contributed by atoms with Crippen molar-refractivity contribution in [3.05, 3.63) is 40.8 Å². The number of hydrogen-bond acceptors (Lipinski definition) is 5. The molecule has 1 unspecified atom stereocenters. The summed E-state index contributed by atoms with van der Waals surface area (Å²) >= 11 is 0. The first-order chi connectivity index (χ1) is 10.9. The molecule has 0 amide bonds. The highest BCUT2D eigenvalue weighted by molar-refractivity contribution is 7.89. The van der Waals surface area contributed by atoms with Crippen LogP contribution in [0, 0.1) is 13.8 Å². The van der Waals surface area contributed by atoms with Crippen molar-refractivity contribution in [1.82, 2.24) is 5.16 Å². The van der Waals surface area contributed by atoms with Crippen LogP contribution < -0.4 is 10.5 Å². The van der Waals surface area contributed by atoms with Crippen LogP contribution in [0.1, 0.15) is 35.5 Å². The van der Waals surface area contributed by atoms with Crippen LogP contribution in [0.5, 0.6) is 0 Å². The van der Waals surface area contributed by atoms with Gasteiger partial charge in [0.15, 0.2) is 0 Å². The zero-order valence-corrected chi connectivity index (χ0v) is 13.9. The summed E-state index contributed by atoms with van der Waals surface area (Å²) in [7, 11) is -4.49. The van der Waals surface area contributed by atoms with E-state index in [1.165, 1.54) is 6.07 Å². The number of nitrogens with zero attached hydrogens (tertiary/aromatic N) is 1. The average Bonchev–Trinajstić information content (AvgIpc) is 2.76. The van der Waals surface area contributed by atoms with Crippen molar-refractivity contribution in [2.75, 3.05) is 5.32 Å². The minimum absolute atomic E-state index is 0.0993. The highest BCUT2D eigenvalue weighted by Crippen LogP contribution is 2.36. The second-order valence-electron chi connectivity index (χ2n) is 5.36. The van der Waals surface area contributed by atoms with Crippen molar-refractivity contribution in [1.29, 1.82) is 0 Å². The molecule has 0 saturated carbocycles. The molecular formula is C14H16F3N3O3S. The van der Waals surface area contributed by atoms with Crippen molar-refractivity contribution in [2.45, 2.75) is 37.9 Å². The van der Waals surface area contributed by atoms with Gasteiger partial charge in [-0.1, -0.05) is 5.16 Å². The van der Waals surface area contributed by atoms with Gasteiger partial charge in [0.05, 0.1) is 22.2 Å². The summed E-state index contributed by atoms with van der Waals surface area (Å²) in [5.74, 6) is 0.546. The predicted molar refractivity (Wildman–Crippen MR) is 80.8 cm³/mol. The molecule has 6 nitrogen and oxygen atoms in total. The lowest BCUT2D eigenvalue weighted by atomic mass is 10.1. The van der Waals surface area contributed by atoms with E-state index in [9.17, 15) is 21.6 Å². The van der Waals surface area contributed by atoms with Gasteiger partial charge in [-0.2, -0.15) is 13.2 Å². The van der Waals surface area contributed by atoms with Gasteiger partial charge in [0.1, 0.15) is 5.76 Å². The number of nitrogens with two attached hydrogens (primary N) is 1. The SMILES string of the molecule is Cc1noc(C)c1C(C)Nc1ccc(S(N)(=O)=O)c(C(F)(F)F)c1. The maximum atomic E-state index is 13.1. The molecule has 24 heavy (non-hydrogen) atoms. The van der Waals surface area contributed by atoms with Gasteiger partial charge in [-0.3, -0.25) is 0 Å². The number of sulfonamides is 1. The maximum Gasteiger partial charge on any atom is 0.417 e. The normalized spacial score (nSPS) is 13.8. The van der Waals surface area contributed by atoms with Crippen LogP contribution in [0.4, 0.5) is 18.9 Å². The van der Waals surface area contributed by atoms with Gasteiger partial charge < -0.3 is 9.84 Å². The van der Waals surface area contributed by atoms with Gasteiger partial charge in [0.25, 0.3) is 0 Å². The van der Waals surface area contributed by atoms with E-state index in [-0.39, 0.29) is 5.69 Å². The highest BCUT2D eigenvalue weighted by Gasteiger charge is 2.36. The minimum atomic E-state index is -4.86. The molecule has 1 atom stereocenters. The quantitative estimate of drug-likeness (QED) is 0.870. The van der Waals surface area contributed by atoms with Crippen LogP contribution >= 0.6 is 0 Å². The molecule has 0 saturated heterocycles. The molecule has 0 bridgehead atoms. The molecule has 0 spiro atoms. The van der Waals surface area contributed by atoms with Gasteiger partial charge in [0, 0.05) is 11.3 Å². The number of anilines is 1. The molecule has 0 fully saturated rings. The Bertz CT molecular complexity index is 840. The molecule has 0 aliphatic carbocycles. The van der Waals surface area contributed by atoms with E-state index in [0.29, 0.717) is 17.5 Å². The number of halogens is 3. The third-order valence-corrected chi connectivity index (χ3v) is 4.47. The smallest absolute Gasteiger partial charge is 0.378 e. The van der Waals surface area contributed by atoms with Crippen molar-refractivity contribution < 1.29 is 26.1 Å². The fourth-order valence-electron chi connectivity index (χ4n) is 2.52. The summed E-state index contributed by atoms with van der Waals surface area (Å²) in [6, 6.07) is 2.39. The molecule has 0 aliphatic rings. The maximum absolute atomic E-state index is 13.1. The average molecular weight is 363 g/mol. The predicted octanol–water partition coefficient (Wildman–Crippen LogP) is 3.13. The van der Waals surface area contributed by atoms with Gasteiger partial charge >= 0.3 is 6.18 Å². The lowest BCUT2D eigenvalue weighted by Crippen LogP contribution is -2.19. The zero-order chi connectivity index (χ0) is 18.3. The molecular weight excluding hydrogens is 347 g/mol. The second kappa shape index (κ2) is 6.10. The number of benzene rings is 1.